The molecule has 0 aromatic rings. The molecular formula is C14H22O3. The number of hydrogen-bond acceptors (Lipinski definition) is 3. The first-order chi connectivity index (χ1) is 7.96. The van der Waals surface area contributed by atoms with Crippen molar-refractivity contribution in [2.45, 2.75) is 40.2 Å². The summed E-state index contributed by atoms with van der Waals surface area (Å²) < 4.78 is 11.1. The number of ether oxygens (including phenoxy) is 2. The molecule has 1 aliphatic heterocycles. The van der Waals surface area contributed by atoms with Crippen LogP contribution in [0.15, 0.2) is 11.6 Å². The van der Waals surface area contributed by atoms with Crippen molar-refractivity contribution in [1.29, 1.82) is 0 Å². The Hall–Kier alpha value is -0.830. The molecule has 1 aliphatic carbocycles. The maximum atomic E-state index is 11.0. The molecule has 0 aromatic carbocycles. The van der Waals surface area contributed by atoms with Gasteiger partial charge in [0, 0.05) is 18.3 Å². The summed E-state index contributed by atoms with van der Waals surface area (Å²) in [5, 5.41) is 0. The Morgan fingerprint density at radius 2 is 2.29 bits per heavy atom. The molecule has 0 N–H and O–H groups in total. The number of rotatable bonds is 2. The van der Waals surface area contributed by atoms with Crippen molar-refractivity contribution in [3.63, 3.8) is 0 Å². The fourth-order valence-corrected chi connectivity index (χ4v) is 3.31. The molecule has 0 saturated carbocycles. The van der Waals surface area contributed by atoms with E-state index in [4.69, 9.17) is 9.47 Å². The van der Waals surface area contributed by atoms with E-state index in [1.54, 1.807) is 0 Å². The highest BCUT2D eigenvalue weighted by Gasteiger charge is 2.49. The zero-order chi connectivity index (χ0) is 12.6. The minimum absolute atomic E-state index is 0.0116. The van der Waals surface area contributed by atoms with Gasteiger partial charge >= 0.3 is 5.97 Å². The van der Waals surface area contributed by atoms with Gasteiger partial charge in [-0.1, -0.05) is 18.6 Å². The van der Waals surface area contributed by atoms with Gasteiger partial charge in [-0.15, -0.1) is 0 Å². The van der Waals surface area contributed by atoms with Gasteiger partial charge in [0.2, 0.25) is 0 Å². The van der Waals surface area contributed by atoms with Gasteiger partial charge in [0.1, 0.15) is 0 Å². The highest BCUT2D eigenvalue weighted by Crippen LogP contribution is 2.49. The molecule has 1 heterocycles. The number of carbonyl (C=O) groups excluding carboxylic acids is 1. The zero-order valence-electron chi connectivity index (χ0n) is 11.2. The molecule has 2 rings (SSSR count). The van der Waals surface area contributed by atoms with Crippen molar-refractivity contribution >= 4 is 5.97 Å². The highest BCUT2D eigenvalue weighted by atomic mass is 16.5. The van der Waals surface area contributed by atoms with Gasteiger partial charge in [0.25, 0.3) is 0 Å². The molecule has 3 heteroatoms. The van der Waals surface area contributed by atoms with Crippen LogP contribution in [0.25, 0.3) is 0 Å². The predicted molar refractivity (Wildman–Crippen MR) is 65.5 cm³/mol. The molecule has 1 fully saturated rings. The van der Waals surface area contributed by atoms with Crippen LogP contribution in [0.4, 0.5) is 0 Å². The second kappa shape index (κ2) is 4.45. The second-order valence-electron chi connectivity index (χ2n) is 5.63. The van der Waals surface area contributed by atoms with E-state index < -0.39 is 0 Å². The lowest BCUT2D eigenvalue weighted by atomic mass is 9.60. The van der Waals surface area contributed by atoms with Crippen molar-refractivity contribution in [2.75, 3.05) is 13.2 Å². The molecule has 4 atom stereocenters. The number of esters is 1. The number of carbonyl (C=O) groups is 1. The lowest BCUT2D eigenvalue weighted by Crippen LogP contribution is -2.52. The average Bonchev–Trinajstić information content (AvgIpc) is 2.26. The largest absolute Gasteiger partial charge is 0.465 e. The van der Waals surface area contributed by atoms with Gasteiger partial charge < -0.3 is 9.47 Å². The molecule has 17 heavy (non-hydrogen) atoms. The summed E-state index contributed by atoms with van der Waals surface area (Å²) in [5.74, 6) is 0.775. The number of fused-ring (bicyclic) bond motifs is 2. The van der Waals surface area contributed by atoms with E-state index in [2.05, 4.69) is 26.8 Å². The van der Waals surface area contributed by atoms with E-state index in [0.717, 1.165) is 6.42 Å². The maximum absolute atomic E-state index is 11.0. The van der Waals surface area contributed by atoms with Crippen molar-refractivity contribution < 1.29 is 14.3 Å². The summed E-state index contributed by atoms with van der Waals surface area (Å²) in [5.41, 5.74) is 1.41. The fraction of sp³-hybridized carbons (Fsp3) is 0.786. The minimum Gasteiger partial charge on any atom is -0.465 e. The van der Waals surface area contributed by atoms with Gasteiger partial charge in [-0.2, -0.15) is 0 Å². The SMILES string of the molecule is CC(=O)OCC12CC=C(C)C(C(C)OC1)C2C. The molecule has 3 nitrogen and oxygen atoms in total. The summed E-state index contributed by atoms with van der Waals surface area (Å²) >= 11 is 0. The summed E-state index contributed by atoms with van der Waals surface area (Å²) in [7, 11) is 0. The van der Waals surface area contributed by atoms with Gasteiger partial charge in [-0.05, 0) is 26.2 Å². The number of allylic oxidation sites excluding steroid dienone is 1. The summed E-state index contributed by atoms with van der Waals surface area (Å²) in [6.07, 6.45) is 3.52. The van der Waals surface area contributed by atoms with Gasteiger partial charge in [-0.25, -0.2) is 0 Å². The fourth-order valence-electron chi connectivity index (χ4n) is 3.31. The average molecular weight is 238 g/mol. The standard InChI is InChI=1S/C14H22O3/c1-9-5-6-14(8-17-12(4)15)7-16-11(3)13(9)10(14)2/h5,10-11,13H,6-8H2,1-4H3. The normalized spacial score (nSPS) is 40.7. The predicted octanol–water partition coefficient (Wildman–Crippen LogP) is 2.56. The van der Waals surface area contributed by atoms with Crippen LogP contribution in [0.5, 0.6) is 0 Å². The van der Waals surface area contributed by atoms with E-state index in [0.29, 0.717) is 25.0 Å². The molecular weight excluding hydrogens is 216 g/mol. The van der Waals surface area contributed by atoms with Crippen LogP contribution in [-0.4, -0.2) is 25.3 Å². The molecule has 0 aromatic heterocycles. The first-order valence-corrected chi connectivity index (χ1v) is 6.38. The van der Waals surface area contributed by atoms with Crippen LogP contribution in [0.3, 0.4) is 0 Å². The lowest BCUT2D eigenvalue weighted by molar-refractivity contribution is -0.165. The van der Waals surface area contributed by atoms with Crippen molar-refractivity contribution in [3.8, 4) is 0 Å². The lowest BCUT2D eigenvalue weighted by Gasteiger charge is -2.51. The van der Waals surface area contributed by atoms with Crippen LogP contribution < -0.4 is 0 Å². The summed E-state index contributed by atoms with van der Waals surface area (Å²) in [6, 6.07) is 0. The quantitative estimate of drug-likeness (QED) is 0.548. The smallest absolute Gasteiger partial charge is 0.302 e. The monoisotopic (exact) mass is 238 g/mol. The zero-order valence-corrected chi connectivity index (χ0v) is 11.2. The third-order valence-electron chi connectivity index (χ3n) is 4.56. The second-order valence-corrected chi connectivity index (χ2v) is 5.63. The Balaban J connectivity index is 2.21. The first-order valence-electron chi connectivity index (χ1n) is 6.38. The summed E-state index contributed by atoms with van der Waals surface area (Å²) in [6.45, 7) is 9.24. The van der Waals surface area contributed by atoms with Crippen LogP contribution in [0, 0.1) is 17.3 Å². The van der Waals surface area contributed by atoms with E-state index in [1.165, 1.54) is 12.5 Å². The first kappa shape index (κ1) is 12.6. The van der Waals surface area contributed by atoms with E-state index in [9.17, 15) is 4.79 Å². The molecule has 2 aliphatic rings. The third kappa shape index (κ3) is 2.13. The Labute approximate surface area is 103 Å². The highest BCUT2D eigenvalue weighted by molar-refractivity contribution is 5.65. The maximum Gasteiger partial charge on any atom is 0.302 e. The van der Waals surface area contributed by atoms with Gasteiger partial charge in [0.05, 0.1) is 19.3 Å². The van der Waals surface area contributed by atoms with Crippen molar-refractivity contribution in [3.05, 3.63) is 11.6 Å². The van der Waals surface area contributed by atoms with Crippen molar-refractivity contribution in [1.82, 2.24) is 0 Å². The molecule has 2 bridgehead atoms. The van der Waals surface area contributed by atoms with Crippen LogP contribution in [0.1, 0.15) is 34.1 Å². The van der Waals surface area contributed by atoms with Gasteiger partial charge in [0.15, 0.2) is 0 Å². The topological polar surface area (TPSA) is 35.5 Å². The molecule has 1 saturated heterocycles. The van der Waals surface area contributed by atoms with Crippen LogP contribution in [-0.2, 0) is 14.3 Å². The van der Waals surface area contributed by atoms with Crippen molar-refractivity contribution in [2.24, 2.45) is 17.3 Å². The van der Waals surface area contributed by atoms with Crippen LogP contribution >= 0.6 is 0 Å². The number of hydrogen-bond donors (Lipinski definition) is 0. The Kier molecular flexibility index (Phi) is 3.30. The van der Waals surface area contributed by atoms with E-state index in [-0.39, 0.29) is 17.5 Å². The molecule has 0 radical (unpaired) electrons. The molecule has 96 valence electrons. The Morgan fingerprint density at radius 1 is 1.59 bits per heavy atom. The minimum atomic E-state index is -0.201. The molecule has 0 amide bonds. The van der Waals surface area contributed by atoms with Crippen LogP contribution in [0.2, 0.25) is 0 Å². The van der Waals surface area contributed by atoms with E-state index in [1.807, 2.05) is 0 Å². The molecule has 4 unspecified atom stereocenters. The molecule has 0 spiro atoms. The summed E-state index contributed by atoms with van der Waals surface area (Å²) in [4.78, 5) is 11.0. The Bertz CT molecular complexity index is 347. The Morgan fingerprint density at radius 3 is 2.94 bits per heavy atom. The van der Waals surface area contributed by atoms with E-state index >= 15 is 0 Å². The third-order valence-corrected chi connectivity index (χ3v) is 4.56. The van der Waals surface area contributed by atoms with Gasteiger partial charge in [-0.3, -0.25) is 4.79 Å².